The predicted octanol–water partition coefficient (Wildman–Crippen LogP) is 2.62. The van der Waals surface area contributed by atoms with Crippen LogP contribution in [-0.2, 0) is 0 Å². The van der Waals surface area contributed by atoms with Gasteiger partial charge >= 0.3 is 0 Å². The molecule has 0 fully saturated rings. The minimum absolute atomic E-state index is 0.0829. The number of ether oxygens (including phenoxy) is 1. The summed E-state index contributed by atoms with van der Waals surface area (Å²) in [7, 11) is 0. The highest BCUT2D eigenvalue weighted by Gasteiger charge is 2.13. The van der Waals surface area contributed by atoms with Gasteiger partial charge in [0.15, 0.2) is 5.01 Å². The molecule has 0 amide bonds. The van der Waals surface area contributed by atoms with Gasteiger partial charge in [-0.25, -0.2) is 0 Å². The van der Waals surface area contributed by atoms with Crippen LogP contribution in [0.2, 0.25) is 0 Å². The number of nitrogens with zero attached hydrogens (tertiary/aromatic N) is 2. The number of nitrogens with two attached hydrogens (primary N) is 1. The summed E-state index contributed by atoms with van der Waals surface area (Å²) in [6.45, 7) is 4.50. The topological polar surface area (TPSA) is 61.0 Å². The molecule has 2 aromatic rings. The van der Waals surface area contributed by atoms with Gasteiger partial charge in [0, 0.05) is 0 Å². The fourth-order valence-electron chi connectivity index (χ4n) is 1.45. The predicted molar refractivity (Wildman–Crippen MR) is 69.1 cm³/mol. The maximum atomic E-state index is 5.78. The van der Waals surface area contributed by atoms with Gasteiger partial charge in [0.25, 0.3) is 0 Å². The summed E-state index contributed by atoms with van der Waals surface area (Å²) in [5.74, 6) is 0.836. The maximum Gasteiger partial charge on any atom is 0.151 e. The van der Waals surface area contributed by atoms with Crippen LogP contribution in [0, 0.1) is 0 Å². The van der Waals surface area contributed by atoms with Gasteiger partial charge in [0.2, 0.25) is 0 Å². The van der Waals surface area contributed by atoms with Crippen molar-refractivity contribution in [3.05, 3.63) is 29.3 Å². The molecule has 0 aliphatic rings. The number of para-hydroxylation sites is 1. The molecule has 1 aromatic carbocycles. The average Bonchev–Trinajstić information content (AvgIpc) is 2.79. The van der Waals surface area contributed by atoms with Crippen LogP contribution in [0.4, 0.5) is 0 Å². The van der Waals surface area contributed by atoms with Crippen LogP contribution in [0.5, 0.6) is 5.75 Å². The van der Waals surface area contributed by atoms with Crippen LogP contribution in [0.1, 0.15) is 24.9 Å². The summed E-state index contributed by atoms with van der Waals surface area (Å²) in [6, 6.07) is 7.75. The number of benzene rings is 1. The van der Waals surface area contributed by atoms with Gasteiger partial charge in [-0.05, 0) is 26.0 Å². The van der Waals surface area contributed by atoms with E-state index in [2.05, 4.69) is 10.2 Å². The highest BCUT2D eigenvalue weighted by molar-refractivity contribution is 7.14. The minimum atomic E-state index is -0.0829. The summed E-state index contributed by atoms with van der Waals surface area (Å²) < 4.78 is 5.57. The second-order valence-electron chi connectivity index (χ2n) is 3.66. The fourth-order valence-corrected chi connectivity index (χ4v) is 2.28. The number of hydrogen-bond donors (Lipinski definition) is 1. The van der Waals surface area contributed by atoms with Gasteiger partial charge < -0.3 is 10.5 Å². The molecule has 1 atom stereocenters. The Balaban J connectivity index is 2.38. The Hall–Kier alpha value is -1.46. The molecule has 0 saturated heterocycles. The summed E-state index contributed by atoms with van der Waals surface area (Å²) in [5, 5.41) is 9.93. The first-order chi connectivity index (χ1) is 8.22. The number of rotatable bonds is 4. The lowest BCUT2D eigenvalue weighted by Crippen LogP contribution is -2.03. The molecule has 1 unspecified atom stereocenters. The largest absolute Gasteiger partial charge is 0.493 e. The molecule has 4 nitrogen and oxygen atoms in total. The molecular formula is C12H15N3OS. The highest BCUT2D eigenvalue weighted by atomic mass is 32.1. The second-order valence-corrected chi connectivity index (χ2v) is 4.67. The first-order valence-corrected chi connectivity index (χ1v) is 6.35. The van der Waals surface area contributed by atoms with E-state index in [1.165, 1.54) is 11.3 Å². The Bertz CT molecular complexity index is 496. The van der Waals surface area contributed by atoms with Crippen molar-refractivity contribution in [2.24, 2.45) is 5.73 Å². The van der Waals surface area contributed by atoms with Crippen LogP contribution in [0.3, 0.4) is 0 Å². The molecule has 1 heterocycles. The van der Waals surface area contributed by atoms with Crippen molar-refractivity contribution in [3.63, 3.8) is 0 Å². The quantitative estimate of drug-likeness (QED) is 0.904. The van der Waals surface area contributed by atoms with Gasteiger partial charge in [0.05, 0.1) is 18.2 Å². The molecule has 90 valence electrons. The zero-order valence-corrected chi connectivity index (χ0v) is 10.7. The molecule has 2 rings (SSSR count). The zero-order chi connectivity index (χ0) is 12.3. The van der Waals surface area contributed by atoms with E-state index in [4.69, 9.17) is 10.5 Å². The van der Waals surface area contributed by atoms with E-state index in [9.17, 15) is 0 Å². The minimum Gasteiger partial charge on any atom is -0.493 e. The lowest BCUT2D eigenvalue weighted by atomic mass is 10.2. The van der Waals surface area contributed by atoms with Crippen LogP contribution < -0.4 is 10.5 Å². The van der Waals surface area contributed by atoms with Crippen molar-refractivity contribution in [1.29, 1.82) is 0 Å². The molecule has 0 aliphatic carbocycles. The molecule has 1 aromatic heterocycles. The zero-order valence-electron chi connectivity index (χ0n) is 9.88. The van der Waals surface area contributed by atoms with E-state index in [1.54, 1.807) is 0 Å². The summed E-state index contributed by atoms with van der Waals surface area (Å²) in [6.07, 6.45) is 0. The molecule has 2 N–H and O–H groups in total. The normalized spacial score (nSPS) is 12.4. The Kier molecular flexibility index (Phi) is 3.71. The van der Waals surface area contributed by atoms with E-state index in [0.717, 1.165) is 21.3 Å². The SMILES string of the molecule is CCOc1ccccc1-c1nnc(C(C)N)s1. The van der Waals surface area contributed by atoms with Crippen LogP contribution in [0.15, 0.2) is 24.3 Å². The summed E-state index contributed by atoms with van der Waals surface area (Å²) >= 11 is 1.51. The third kappa shape index (κ3) is 2.62. The van der Waals surface area contributed by atoms with Crippen LogP contribution in [0.25, 0.3) is 10.6 Å². The van der Waals surface area contributed by atoms with Crippen molar-refractivity contribution < 1.29 is 4.74 Å². The maximum absolute atomic E-state index is 5.78. The molecule has 17 heavy (non-hydrogen) atoms. The van der Waals surface area contributed by atoms with Gasteiger partial charge in [-0.1, -0.05) is 23.5 Å². The number of aromatic nitrogens is 2. The summed E-state index contributed by atoms with van der Waals surface area (Å²) in [4.78, 5) is 0. The molecule has 0 bridgehead atoms. The van der Waals surface area contributed by atoms with E-state index in [0.29, 0.717) is 6.61 Å². The highest BCUT2D eigenvalue weighted by Crippen LogP contribution is 2.32. The van der Waals surface area contributed by atoms with Crippen LogP contribution in [-0.4, -0.2) is 16.8 Å². The smallest absolute Gasteiger partial charge is 0.151 e. The summed E-state index contributed by atoms with van der Waals surface area (Å²) in [5.41, 5.74) is 6.75. The Morgan fingerprint density at radius 3 is 2.76 bits per heavy atom. The van der Waals surface area contributed by atoms with Gasteiger partial charge in [-0.15, -0.1) is 10.2 Å². The third-order valence-electron chi connectivity index (χ3n) is 2.25. The van der Waals surface area contributed by atoms with Crippen molar-refractivity contribution in [2.45, 2.75) is 19.9 Å². The van der Waals surface area contributed by atoms with E-state index >= 15 is 0 Å². The first-order valence-electron chi connectivity index (χ1n) is 5.53. The van der Waals surface area contributed by atoms with Gasteiger partial charge in [-0.2, -0.15) is 0 Å². The molecule has 0 aliphatic heterocycles. The standard InChI is InChI=1S/C12H15N3OS/c1-3-16-10-7-5-4-6-9(10)12-15-14-11(17-12)8(2)13/h4-8H,3,13H2,1-2H3. The lowest BCUT2D eigenvalue weighted by Gasteiger charge is -2.06. The van der Waals surface area contributed by atoms with Crippen LogP contribution >= 0.6 is 11.3 Å². The van der Waals surface area contributed by atoms with E-state index in [-0.39, 0.29) is 6.04 Å². The molecule has 0 saturated carbocycles. The lowest BCUT2D eigenvalue weighted by molar-refractivity contribution is 0.341. The Morgan fingerprint density at radius 1 is 1.35 bits per heavy atom. The first kappa shape index (κ1) is 12.0. The van der Waals surface area contributed by atoms with Crippen molar-refractivity contribution in [1.82, 2.24) is 10.2 Å². The van der Waals surface area contributed by atoms with Crippen molar-refractivity contribution in [3.8, 4) is 16.3 Å². The van der Waals surface area contributed by atoms with Gasteiger partial charge in [-0.3, -0.25) is 0 Å². The average molecular weight is 249 g/mol. The Labute approximate surface area is 104 Å². The van der Waals surface area contributed by atoms with E-state index in [1.807, 2.05) is 38.1 Å². The molecule has 5 heteroatoms. The number of hydrogen-bond acceptors (Lipinski definition) is 5. The molecule has 0 spiro atoms. The monoisotopic (exact) mass is 249 g/mol. The third-order valence-corrected chi connectivity index (χ3v) is 3.40. The molecular weight excluding hydrogens is 234 g/mol. The fraction of sp³-hybridized carbons (Fsp3) is 0.333. The van der Waals surface area contributed by atoms with E-state index < -0.39 is 0 Å². The Morgan fingerprint density at radius 2 is 2.12 bits per heavy atom. The molecule has 0 radical (unpaired) electrons. The van der Waals surface area contributed by atoms with Crippen molar-refractivity contribution in [2.75, 3.05) is 6.61 Å². The van der Waals surface area contributed by atoms with Gasteiger partial charge in [0.1, 0.15) is 10.8 Å². The van der Waals surface area contributed by atoms with Crippen molar-refractivity contribution >= 4 is 11.3 Å². The second kappa shape index (κ2) is 5.25.